The first-order chi connectivity index (χ1) is 10.8. The molecular formula is C12H24N2O9. The van der Waals surface area contributed by atoms with E-state index in [4.69, 9.17) is 30.8 Å². The second-order valence-electron chi connectivity index (χ2n) is 5.70. The Bertz CT molecular complexity index is 386. The highest BCUT2D eigenvalue weighted by atomic mass is 16.7. The minimum absolute atomic E-state index is 0.581. The quantitative estimate of drug-likeness (QED) is 0.242. The van der Waals surface area contributed by atoms with Crippen LogP contribution in [0, 0.1) is 0 Å². The fraction of sp³-hybridized carbons (Fsp3) is 1.00. The SMILES string of the molecule is N[C@H]1[C@H](O[C@H]2[C@@H](O)[C@H](N)[C@H](O)O[C@@H]2CO)O[C@@H](CO)[C@@H](O)[C@H]1O. The molecule has 0 amide bonds. The summed E-state index contributed by atoms with van der Waals surface area (Å²) in [6.07, 6.45) is -10.5. The van der Waals surface area contributed by atoms with Crippen LogP contribution in [-0.2, 0) is 14.2 Å². The first-order valence-electron chi connectivity index (χ1n) is 7.23. The van der Waals surface area contributed by atoms with Gasteiger partial charge in [0.1, 0.15) is 36.6 Å². The number of hydrogen-bond acceptors (Lipinski definition) is 11. The van der Waals surface area contributed by atoms with Crippen molar-refractivity contribution in [3.63, 3.8) is 0 Å². The Kier molecular flexibility index (Phi) is 6.27. The average molecular weight is 340 g/mol. The lowest BCUT2D eigenvalue weighted by Gasteiger charge is -2.45. The molecule has 0 bridgehead atoms. The van der Waals surface area contributed by atoms with Gasteiger partial charge in [-0.15, -0.1) is 0 Å². The summed E-state index contributed by atoms with van der Waals surface area (Å²) in [4.78, 5) is 0. The molecule has 23 heavy (non-hydrogen) atoms. The molecule has 0 radical (unpaired) electrons. The van der Waals surface area contributed by atoms with E-state index >= 15 is 0 Å². The number of aliphatic hydroxyl groups is 6. The van der Waals surface area contributed by atoms with E-state index in [9.17, 15) is 25.5 Å². The van der Waals surface area contributed by atoms with E-state index in [1.807, 2.05) is 0 Å². The molecule has 0 aromatic rings. The third-order valence-corrected chi connectivity index (χ3v) is 4.14. The topological polar surface area (TPSA) is 201 Å². The van der Waals surface area contributed by atoms with E-state index in [1.165, 1.54) is 0 Å². The highest BCUT2D eigenvalue weighted by molar-refractivity contribution is 4.95. The highest BCUT2D eigenvalue weighted by Crippen LogP contribution is 2.27. The first-order valence-corrected chi connectivity index (χ1v) is 7.23. The molecule has 2 aliphatic heterocycles. The van der Waals surface area contributed by atoms with Crippen LogP contribution in [0.25, 0.3) is 0 Å². The summed E-state index contributed by atoms with van der Waals surface area (Å²) in [6, 6.07) is -2.37. The van der Waals surface area contributed by atoms with Crippen molar-refractivity contribution in [2.24, 2.45) is 11.5 Å². The van der Waals surface area contributed by atoms with Crippen molar-refractivity contribution in [2.45, 2.75) is 61.3 Å². The van der Waals surface area contributed by atoms with Crippen LogP contribution in [-0.4, -0.2) is 105 Å². The number of aliphatic hydroxyl groups excluding tert-OH is 6. The van der Waals surface area contributed by atoms with Crippen molar-refractivity contribution in [1.82, 2.24) is 0 Å². The van der Waals surface area contributed by atoms with Crippen molar-refractivity contribution < 1.29 is 44.8 Å². The maximum Gasteiger partial charge on any atom is 0.176 e. The molecule has 11 nitrogen and oxygen atoms in total. The number of nitrogens with two attached hydrogens (primary N) is 2. The van der Waals surface area contributed by atoms with Gasteiger partial charge in [-0.1, -0.05) is 0 Å². The predicted octanol–water partition coefficient (Wildman–Crippen LogP) is -5.46. The molecule has 2 fully saturated rings. The van der Waals surface area contributed by atoms with E-state index in [-0.39, 0.29) is 0 Å². The fourth-order valence-corrected chi connectivity index (χ4v) is 2.65. The molecule has 2 heterocycles. The minimum Gasteiger partial charge on any atom is -0.394 e. The van der Waals surface area contributed by atoms with Gasteiger partial charge in [0.2, 0.25) is 0 Å². The second-order valence-corrected chi connectivity index (χ2v) is 5.70. The van der Waals surface area contributed by atoms with E-state index in [2.05, 4.69) is 0 Å². The Balaban J connectivity index is 2.11. The zero-order chi connectivity index (χ0) is 17.3. The monoisotopic (exact) mass is 340 g/mol. The number of rotatable bonds is 4. The van der Waals surface area contributed by atoms with Crippen LogP contribution in [0.15, 0.2) is 0 Å². The van der Waals surface area contributed by atoms with Crippen LogP contribution < -0.4 is 11.5 Å². The van der Waals surface area contributed by atoms with E-state index in [1.54, 1.807) is 0 Å². The normalized spacial score (nSPS) is 51.7. The molecular weight excluding hydrogens is 316 g/mol. The third-order valence-electron chi connectivity index (χ3n) is 4.14. The molecule has 2 aliphatic rings. The molecule has 0 spiro atoms. The summed E-state index contributed by atoms with van der Waals surface area (Å²) in [7, 11) is 0. The zero-order valence-electron chi connectivity index (χ0n) is 12.3. The van der Waals surface area contributed by atoms with Crippen LogP contribution in [0.3, 0.4) is 0 Å². The molecule has 2 rings (SSSR count). The largest absolute Gasteiger partial charge is 0.394 e. The molecule has 0 aromatic heterocycles. The Morgan fingerprint density at radius 1 is 0.783 bits per heavy atom. The van der Waals surface area contributed by atoms with Gasteiger partial charge in [0.05, 0.1) is 25.3 Å². The van der Waals surface area contributed by atoms with Gasteiger partial charge in [-0.2, -0.15) is 0 Å². The van der Waals surface area contributed by atoms with Crippen LogP contribution in [0.5, 0.6) is 0 Å². The molecule has 10 atom stereocenters. The van der Waals surface area contributed by atoms with Crippen LogP contribution >= 0.6 is 0 Å². The van der Waals surface area contributed by atoms with Crippen molar-refractivity contribution in [3.05, 3.63) is 0 Å². The standard InChI is InChI=1S/C12H24N2O9/c13-5-9(19)10(4(2-16)21-11(5)20)23-12-6(14)8(18)7(17)3(1-15)22-12/h3-12,15-20H,1-2,13-14H2/t3-,4+,5-,6+,7+,8-,9-,10+,11+,12-/m0/s1. The van der Waals surface area contributed by atoms with Gasteiger partial charge in [0.25, 0.3) is 0 Å². The lowest BCUT2D eigenvalue weighted by atomic mass is 9.95. The van der Waals surface area contributed by atoms with E-state index < -0.39 is 74.5 Å². The van der Waals surface area contributed by atoms with Gasteiger partial charge in [-0.3, -0.25) is 0 Å². The van der Waals surface area contributed by atoms with Gasteiger partial charge in [-0.25, -0.2) is 0 Å². The number of ether oxygens (including phenoxy) is 3. The third kappa shape index (κ3) is 3.65. The highest BCUT2D eigenvalue weighted by Gasteiger charge is 2.49. The first kappa shape index (κ1) is 18.9. The van der Waals surface area contributed by atoms with Crippen molar-refractivity contribution in [2.75, 3.05) is 13.2 Å². The lowest BCUT2D eigenvalue weighted by molar-refractivity contribution is -0.324. The summed E-state index contributed by atoms with van der Waals surface area (Å²) in [5.41, 5.74) is 11.3. The van der Waals surface area contributed by atoms with Gasteiger partial charge < -0.3 is 56.3 Å². The van der Waals surface area contributed by atoms with Gasteiger partial charge in [-0.05, 0) is 0 Å². The van der Waals surface area contributed by atoms with Crippen LogP contribution in [0.1, 0.15) is 0 Å². The van der Waals surface area contributed by atoms with Crippen LogP contribution in [0.4, 0.5) is 0 Å². The van der Waals surface area contributed by atoms with Crippen LogP contribution in [0.2, 0.25) is 0 Å². The Hall–Kier alpha value is -0.440. The molecule has 136 valence electrons. The maximum absolute atomic E-state index is 10.1. The molecule has 0 saturated carbocycles. The van der Waals surface area contributed by atoms with Gasteiger partial charge in [0.15, 0.2) is 12.6 Å². The Morgan fingerprint density at radius 3 is 1.96 bits per heavy atom. The molecule has 0 aliphatic carbocycles. The minimum atomic E-state index is -1.49. The predicted molar refractivity (Wildman–Crippen MR) is 72.6 cm³/mol. The van der Waals surface area contributed by atoms with E-state index in [0.717, 1.165) is 0 Å². The smallest absolute Gasteiger partial charge is 0.176 e. The van der Waals surface area contributed by atoms with E-state index in [0.29, 0.717) is 0 Å². The molecule has 10 N–H and O–H groups in total. The fourth-order valence-electron chi connectivity index (χ4n) is 2.65. The molecule has 0 aromatic carbocycles. The molecule has 2 saturated heterocycles. The average Bonchev–Trinajstić information content (AvgIpc) is 2.55. The summed E-state index contributed by atoms with van der Waals surface area (Å²) in [5.74, 6) is 0. The Labute approximate surface area is 132 Å². The molecule has 11 heteroatoms. The summed E-state index contributed by atoms with van der Waals surface area (Å²) in [6.45, 7) is -1.17. The maximum atomic E-state index is 10.1. The summed E-state index contributed by atoms with van der Waals surface area (Å²) >= 11 is 0. The zero-order valence-corrected chi connectivity index (χ0v) is 12.3. The van der Waals surface area contributed by atoms with Gasteiger partial charge >= 0.3 is 0 Å². The Morgan fingerprint density at radius 2 is 1.39 bits per heavy atom. The molecule has 0 unspecified atom stereocenters. The summed E-state index contributed by atoms with van der Waals surface area (Å²) in [5, 5.41) is 57.7. The van der Waals surface area contributed by atoms with Crippen molar-refractivity contribution in [1.29, 1.82) is 0 Å². The lowest BCUT2D eigenvalue weighted by Crippen LogP contribution is -2.67. The van der Waals surface area contributed by atoms with Crippen molar-refractivity contribution >= 4 is 0 Å². The number of hydrogen-bond donors (Lipinski definition) is 8. The summed E-state index contributed by atoms with van der Waals surface area (Å²) < 4.78 is 15.8. The second kappa shape index (κ2) is 7.63. The van der Waals surface area contributed by atoms with Gasteiger partial charge in [0, 0.05) is 0 Å². The van der Waals surface area contributed by atoms with Crippen molar-refractivity contribution in [3.8, 4) is 0 Å².